The van der Waals surface area contributed by atoms with E-state index in [4.69, 9.17) is 19.7 Å². The molecule has 1 aliphatic rings. The molecule has 2 unspecified atom stereocenters. The second kappa shape index (κ2) is 7.93. The van der Waals surface area contributed by atoms with Crippen molar-refractivity contribution < 1.29 is 29.3 Å². The molecule has 0 aliphatic carbocycles. The normalized spacial score (nSPS) is 20.9. The predicted molar refractivity (Wildman–Crippen MR) is 64.8 cm³/mol. The van der Waals surface area contributed by atoms with E-state index in [2.05, 4.69) is 5.32 Å². The second-order valence-corrected chi connectivity index (χ2v) is 4.23. The molecule has 1 rings (SSSR count). The number of nitrogens with zero attached hydrogens (tertiary/aromatic N) is 1. The van der Waals surface area contributed by atoms with Crippen molar-refractivity contribution in [1.29, 1.82) is 0 Å². The van der Waals surface area contributed by atoms with Crippen LogP contribution in [-0.2, 0) is 14.3 Å². The number of hydrogen-bond donors (Lipinski definition) is 3. The molecule has 1 heterocycles. The summed E-state index contributed by atoms with van der Waals surface area (Å²) in [5, 5.41) is 20.6. The highest BCUT2D eigenvalue weighted by atomic mass is 16.5. The van der Waals surface area contributed by atoms with E-state index in [-0.39, 0.29) is 26.2 Å². The summed E-state index contributed by atoms with van der Waals surface area (Å²) in [6, 6.07) is -1.95. The summed E-state index contributed by atoms with van der Waals surface area (Å²) in [7, 11) is 1.46. The van der Waals surface area contributed by atoms with Crippen LogP contribution in [0.2, 0.25) is 0 Å². The number of aliphatic hydroxyl groups excluding tert-OH is 1. The average molecular weight is 276 g/mol. The number of aliphatic carboxylic acids is 1. The molecule has 8 nitrogen and oxygen atoms in total. The van der Waals surface area contributed by atoms with Crippen LogP contribution < -0.4 is 5.32 Å². The number of nitrogens with one attached hydrogen (secondary N) is 1. The standard InChI is InChI=1S/C11H20N2O6/c1-18-4-2-9(10(15)16)12-11(17)13-3-5-19-7-8(13)6-14/h8-9,14H,2-7H2,1H3,(H,12,17)(H,15,16). The zero-order valence-corrected chi connectivity index (χ0v) is 10.9. The fourth-order valence-electron chi connectivity index (χ4n) is 1.80. The van der Waals surface area contributed by atoms with Crippen LogP contribution in [0, 0.1) is 0 Å². The van der Waals surface area contributed by atoms with E-state index in [9.17, 15) is 9.59 Å². The number of morpholine rings is 1. The minimum absolute atomic E-state index is 0.186. The van der Waals surface area contributed by atoms with E-state index in [0.29, 0.717) is 13.2 Å². The van der Waals surface area contributed by atoms with Gasteiger partial charge in [-0.05, 0) is 0 Å². The van der Waals surface area contributed by atoms with Gasteiger partial charge in [-0.15, -0.1) is 0 Å². The number of ether oxygens (including phenoxy) is 2. The van der Waals surface area contributed by atoms with Crippen molar-refractivity contribution >= 4 is 12.0 Å². The Bertz CT molecular complexity index is 312. The van der Waals surface area contributed by atoms with Crippen molar-refractivity contribution in [2.24, 2.45) is 0 Å². The van der Waals surface area contributed by atoms with Gasteiger partial charge in [0.25, 0.3) is 0 Å². The van der Waals surface area contributed by atoms with Crippen LogP contribution >= 0.6 is 0 Å². The molecule has 0 saturated carbocycles. The Morgan fingerprint density at radius 1 is 1.58 bits per heavy atom. The molecule has 1 aliphatic heterocycles. The molecule has 1 fully saturated rings. The largest absolute Gasteiger partial charge is 0.480 e. The molecule has 0 bridgehead atoms. The number of carbonyl (C=O) groups excluding carboxylic acids is 1. The number of carboxylic acids is 1. The molecule has 0 aromatic carbocycles. The highest BCUT2D eigenvalue weighted by molar-refractivity contribution is 5.82. The maximum Gasteiger partial charge on any atom is 0.326 e. The van der Waals surface area contributed by atoms with E-state index < -0.39 is 24.1 Å². The van der Waals surface area contributed by atoms with Gasteiger partial charge in [0, 0.05) is 26.7 Å². The van der Waals surface area contributed by atoms with Crippen molar-refractivity contribution in [3.63, 3.8) is 0 Å². The number of methoxy groups -OCH3 is 1. The van der Waals surface area contributed by atoms with Gasteiger partial charge in [-0.1, -0.05) is 0 Å². The van der Waals surface area contributed by atoms with Gasteiger partial charge in [-0.3, -0.25) is 0 Å². The summed E-state index contributed by atoms with van der Waals surface area (Å²) in [6.07, 6.45) is 0.186. The molecular weight excluding hydrogens is 256 g/mol. The van der Waals surface area contributed by atoms with E-state index in [1.807, 2.05) is 0 Å². The molecule has 19 heavy (non-hydrogen) atoms. The van der Waals surface area contributed by atoms with Gasteiger partial charge in [0.2, 0.25) is 0 Å². The van der Waals surface area contributed by atoms with Crippen molar-refractivity contribution in [2.45, 2.75) is 18.5 Å². The molecule has 3 N–H and O–H groups in total. The zero-order chi connectivity index (χ0) is 14.3. The van der Waals surface area contributed by atoms with E-state index >= 15 is 0 Å². The van der Waals surface area contributed by atoms with E-state index in [0.717, 1.165) is 0 Å². The quantitative estimate of drug-likeness (QED) is 0.567. The molecule has 110 valence electrons. The second-order valence-electron chi connectivity index (χ2n) is 4.23. The molecule has 2 amide bonds. The Morgan fingerprint density at radius 2 is 2.32 bits per heavy atom. The van der Waals surface area contributed by atoms with Gasteiger partial charge < -0.3 is 29.9 Å². The fourth-order valence-corrected chi connectivity index (χ4v) is 1.80. The highest BCUT2D eigenvalue weighted by Gasteiger charge is 2.29. The first-order valence-electron chi connectivity index (χ1n) is 6.07. The summed E-state index contributed by atoms with van der Waals surface area (Å²) < 4.78 is 9.96. The Kier molecular flexibility index (Phi) is 6.54. The zero-order valence-electron chi connectivity index (χ0n) is 10.9. The number of hydrogen-bond acceptors (Lipinski definition) is 5. The molecule has 0 spiro atoms. The van der Waals surface area contributed by atoms with Crippen molar-refractivity contribution in [3.05, 3.63) is 0 Å². The van der Waals surface area contributed by atoms with Crippen molar-refractivity contribution in [3.8, 4) is 0 Å². The minimum Gasteiger partial charge on any atom is -0.480 e. The van der Waals surface area contributed by atoms with Gasteiger partial charge in [0.15, 0.2) is 0 Å². The van der Waals surface area contributed by atoms with Crippen LogP contribution in [0.3, 0.4) is 0 Å². The number of rotatable bonds is 6. The van der Waals surface area contributed by atoms with Crippen LogP contribution in [0.5, 0.6) is 0 Å². The van der Waals surface area contributed by atoms with Gasteiger partial charge in [0.1, 0.15) is 6.04 Å². The van der Waals surface area contributed by atoms with Crippen LogP contribution in [-0.4, -0.2) is 79.3 Å². The lowest BCUT2D eigenvalue weighted by Gasteiger charge is -2.35. The lowest BCUT2D eigenvalue weighted by Crippen LogP contribution is -2.56. The van der Waals surface area contributed by atoms with Crippen LogP contribution in [0.4, 0.5) is 4.79 Å². The molecule has 1 saturated heterocycles. The topological polar surface area (TPSA) is 108 Å². The summed E-state index contributed by atoms with van der Waals surface area (Å²) in [4.78, 5) is 24.4. The molecule has 0 radical (unpaired) electrons. The molecule has 0 aromatic heterocycles. The third-order valence-corrected chi connectivity index (χ3v) is 2.91. The maximum atomic E-state index is 12.0. The van der Waals surface area contributed by atoms with Crippen LogP contribution in [0.15, 0.2) is 0 Å². The minimum atomic E-state index is -1.11. The SMILES string of the molecule is COCCC(NC(=O)N1CCOCC1CO)C(=O)O. The first-order valence-corrected chi connectivity index (χ1v) is 6.07. The molecule has 2 atom stereocenters. The van der Waals surface area contributed by atoms with Crippen LogP contribution in [0.1, 0.15) is 6.42 Å². The molecule has 0 aromatic rings. The lowest BCUT2D eigenvalue weighted by molar-refractivity contribution is -0.139. The Hall–Kier alpha value is -1.38. The lowest BCUT2D eigenvalue weighted by atomic mass is 10.2. The van der Waals surface area contributed by atoms with E-state index in [1.165, 1.54) is 12.0 Å². The Balaban J connectivity index is 2.56. The number of aliphatic hydroxyl groups is 1. The molecule has 8 heteroatoms. The fraction of sp³-hybridized carbons (Fsp3) is 0.818. The number of urea groups is 1. The maximum absolute atomic E-state index is 12.0. The third kappa shape index (κ3) is 4.66. The van der Waals surface area contributed by atoms with Gasteiger partial charge in [-0.25, -0.2) is 9.59 Å². The number of amides is 2. The van der Waals surface area contributed by atoms with Gasteiger partial charge in [-0.2, -0.15) is 0 Å². The summed E-state index contributed by atoms with van der Waals surface area (Å²) in [6.45, 7) is 0.972. The summed E-state index contributed by atoms with van der Waals surface area (Å²) in [5.41, 5.74) is 0. The first-order chi connectivity index (χ1) is 9.10. The van der Waals surface area contributed by atoms with E-state index in [1.54, 1.807) is 0 Å². The van der Waals surface area contributed by atoms with Crippen molar-refractivity contribution in [1.82, 2.24) is 10.2 Å². The smallest absolute Gasteiger partial charge is 0.326 e. The van der Waals surface area contributed by atoms with Gasteiger partial charge in [0.05, 0.1) is 25.9 Å². The highest BCUT2D eigenvalue weighted by Crippen LogP contribution is 2.07. The Labute approximate surface area is 111 Å². The number of carbonyl (C=O) groups is 2. The third-order valence-electron chi connectivity index (χ3n) is 2.91. The average Bonchev–Trinajstić information content (AvgIpc) is 2.42. The summed E-state index contributed by atoms with van der Waals surface area (Å²) >= 11 is 0. The van der Waals surface area contributed by atoms with Crippen LogP contribution in [0.25, 0.3) is 0 Å². The Morgan fingerprint density at radius 3 is 2.89 bits per heavy atom. The monoisotopic (exact) mass is 276 g/mol. The van der Waals surface area contributed by atoms with Gasteiger partial charge >= 0.3 is 12.0 Å². The first kappa shape index (κ1) is 15.7. The predicted octanol–water partition coefficient (Wildman–Crippen LogP) is -1.12. The molecular formula is C11H20N2O6. The number of carboxylic acid groups (broad SMARTS) is 1. The summed E-state index contributed by atoms with van der Waals surface area (Å²) in [5.74, 6) is -1.11. The van der Waals surface area contributed by atoms with Crippen molar-refractivity contribution in [2.75, 3.05) is 40.1 Å².